The first-order valence-corrected chi connectivity index (χ1v) is 7.30. The van der Waals surface area contributed by atoms with Crippen LogP contribution in [-0.4, -0.2) is 18.1 Å². The third kappa shape index (κ3) is 4.67. The summed E-state index contributed by atoms with van der Waals surface area (Å²) in [5.41, 5.74) is 2.12. The van der Waals surface area contributed by atoms with Gasteiger partial charge in [0, 0.05) is 31.2 Å². The largest absolute Gasteiger partial charge is 0.385 e. The summed E-state index contributed by atoms with van der Waals surface area (Å²) < 4.78 is 0. The van der Waals surface area contributed by atoms with Crippen molar-refractivity contribution in [2.24, 2.45) is 0 Å². The molecule has 0 bridgehead atoms. The third-order valence-corrected chi connectivity index (χ3v) is 3.74. The Kier molecular flexibility index (Phi) is 6.12. The molecule has 0 aliphatic rings. The Balaban J connectivity index is 1.63. The van der Waals surface area contributed by atoms with Crippen LogP contribution in [0.5, 0.6) is 0 Å². The topological polar surface area (TPSA) is 37.0 Å². The zero-order chi connectivity index (χ0) is 14.2. The lowest BCUT2D eigenvalue weighted by Crippen LogP contribution is -2.17. The molecule has 0 atom stereocenters. The number of aromatic nitrogens is 1. The van der Waals surface area contributed by atoms with Crippen molar-refractivity contribution >= 4 is 28.9 Å². The molecule has 0 unspecified atom stereocenters. The number of pyridine rings is 1. The van der Waals surface area contributed by atoms with Crippen LogP contribution in [0.1, 0.15) is 12.0 Å². The highest BCUT2D eigenvalue weighted by molar-refractivity contribution is 6.42. The summed E-state index contributed by atoms with van der Waals surface area (Å²) in [6.07, 6.45) is 4.59. The van der Waals surface area contributed by atoms with E-state index >= 15 is 0 Å². The highest BCUT2D eigenvalue weighted by atomic mass is 35.5. The van der Waals surface area contributed by atoms with Gasteiger partial charge in [0.25, 0.3) is 0 Å². The smallest absolute Gasteiger partial charge is 0.0637 e. The fraction of sp³-hybridized carbons (Fsp3) is 0.267. The van der Waals surface area contributed by atoms with Crippen molar-refractivity contribution in [2.45, 2.75) is 13.0 Å². The number of nitrogens with one attached hydrogen (secondary N) is 2. The lowest BCUT2D eigenvalue weighted by Gasteiger charge is -2.09. The standard InChI is InChI=1S/C15H17Cl2N3/c16-14-4-1-3-12(15(14)17)11-19-7-2-8-20-13-5-9-18-10-6-13/h1,3-6,9-10,19H,2,7-8,11H2,(H,18,20). The van der Waals surface area contributed by atoms with Crippen LogP contribution in [0.3, 0.4) is 0 Å². The molecular formula is C15H17Cl2N3. The average Bonchev–Trinajstić information content (AvgIpc) is 2.48. The van der Waals surface area contributed by atoms with Crippen LogP contribution in [0.2, 0.25) is 10.0 Å². The molecule has 3 nitrogen and oxygen atoms in total. The van der Waals surface area contributed by atoms with Gasteiger partial charge in [0.1, 0.15) is 0 Å². The third-order valence-electron chi connectivity index (χ3n) is 2.89. The van der Waals surface area contributed by atoms with Gasteiger partial charge in [-0.2, -0.15) is 0 Å². The average molecular weight is 310 g/mol. The minimum absolute atomic E-state index is 0.602. The predicted molar refractivity (Wildman–Crippen MR) is 85.5 cm³/mol. The summed E-state index contributed by atoms with van der Waals surface area (Å²) >= 11 is 12.1. The van der Waals surface area contributed by atoms with Crippen molar-refractivity contribution in [1.82, 2.24) is 10.3 Å². The van der Waals surface area contributed by atoms with Crippen molar-refractivity contribution in [3.05, 3.63) is 58.3 Å². The Hall–Kier alpha value is -1.29. The number of benzene rings is 1. The van der Waals surface area contributed by atoms with Crippen LogP contribution >= 0.6 is 23.2 Å². The Morgan fingerprint density at radius 3 is 2.60 bits per heavy atom. The van der Waals surface area contributed by atoms with Crippen molar-refractivity contribution < 1.29 is 0 Å². The van der Waals surface area contributed by atoms with E-state index in [9.17, 15) is 0 Å². The molecule has 1 heterocycles. The molecule has 2 N–H and O–H groups in total. The summed E-state index contributed by atoms with van der Waals surface area (Å²) in [5, 5.41) is 7.94. The maximum absolute atomic E-state index is 6.12. The van der Waals surface area contributed by atoms with E-state index in [-0.39, 0.29) is 0 Å². The van der Waals surface area contributed by atoms with E-state index in [0.717, 1.165) is 37.3 Å². The van der Waals surface area contributed by atoms with Crippen LogP contribution in [0.15, 0.2) is 42.7 Å². The van der Waals surface area contributed by atoms with Gasteiger partial charge in [0.05, 0.1) is 10.0 Å². The second-order valence-corrected chi connectivity index (χ2v) is 5.19. The quantitative estimate of drug-likeness (QED) is 0.760. The highest BCUT2D eigenvalue weighted by Gasteiger charge is 2.03. The summed E-state index contributed by atoms with van der Waals surface area (Å²) in [7, 11) is 0. The number of hydrogen-bond acceptors (Lipinski definition) is 3. The maximum Gasteiger partial charge on any atom is 0.0637 e. The molecule has 0 saturated carbocycles. The van der Waals surface area contributed by atoms with E-state index in [4.69, 9.17) is 23.2 Å². The van der Waals surface area contributed by atoms with Crippen LogP contribution < -0.4 is 10.6 Å². The van der Waals surface area contributed by atoms with Crippen molar-refractivity contribution in [3.8, 4) is 0 Å². The molecule has 0 radical (unpaired) electrons. The SMILES string of the molecule is Clc1cccc(CNCCCNc2ccncc2)c1Cl. The Morgan fingerprint density at radius 1 is 1.00 bits per heavy atom. The number of rotatable bonds is 7. The van der Waals surface area contributed by atoms with E-state index in [1.165, 1.54) is 0 Å². The van der Waals surface area contributed by atoms with Crippen molar-refractivity contribution in [3.63, 3.8) is 0 Å². The van der Waals surface area contributed by atoms with Gasteiger partial charge in [-0.05, 0) is 36.7 Å². The summed E-state index contributed by atoms with van der Waals surface area (Å²) in [4.78, 5) is 3.98. The van der Waals surface area contributed by atoms with Crippen molar-refractivity contribution in [1.29, 1.82) is 0 Å². The molecule has 106 valence electrons. The zero-order valence-electron chi connectivity index (χ0n) is 11.1. The monoisotopic (exact) mass is 309 g/mol. The highest BCUT2D eigenvalue weighted by Crippen LogP contribution is 2.25. The van der Waals surface area contributed by atoms with Crippen LogP contribution in [0.25, 0.3) is 0 Å². The van der Waals surface area contributed by atoms with Gasteiger partial charge < -0.3 is 10.6 Å². The molecule has 1 aromatic heterocycles. The normalized spacial score (nSPS) is 10.5. The number of halogens is 2. The van der Waals surface area contributed by atoms with E-state index in [0.29, 0.717) is 10.0 Å². The van der Waals surface area contributed by atoms with Gasteiger partial charge in [-0.25, -0.2) is 0 Å². The molecule has 2 aromatic rings. The molecule has 0 spiro atoms. The summed E-state index contributed by atoms with van der Waals surface area (Å²) in [5.74, 6) is 0. The predicted octanol–water partition coefficient (Wildman–Crippen LogP) is 3.98. The molecule has 20 heavy (non-hydrogen) atoms. The fourth-order valence-electron chi connectivity index (χ4n) is 1.82. The lowest BCUT2D eigenvalue weighted by molar-refractivity contribution is 0.663. The van der Waals surface area contributed by atoms with Crippen LogP contribution in [0.4, 0.5) is 5.69 Å². The van der Waals surface area contributed by atoms with Gasteiger partial charge in [0.15, 0.2) is 0 Å². The first kappa shape index (κ1) is 15.1. The molecule has 5 heteroatoms. The van der Waals surface area contributed by atoms with E-state index in [1.54, 1.807) is 18.5 Å². The van der Waals surface area contributed by atoms with Gasteiger partial charge in [0.2, 0.25) is 0 Å². The minimum Gasteiger partial charge on any atom is -0.385 e. The molecule has 0 fully saturated rings. The molecule has 0 saturated heterocycles. The Labute approximate surface area is 129 Å². The number of anilines is 1. The van der Waals surface area contributed by atoms with Gasteiger partial charge in [-0.1, -0.05) is 35.3 Å². The van der Waals surface area contributed by atoms with Crippen LogP contribution in [-0.2, 0) is 6.54 Å². The second kappa shape index (κ2) is 8.10. The Morgan fingerprint density at radius 2 is 1.80 bits per heavy atom. The van der Waals surface area contributed by atoms with Gasteiger partial charge >= 0.3 is 0 Å². The van der Waals surface area contributed by atoms with E-state index in [2.05, 4.69) is 15.6 Å². The molecule has 2 rings (SSSR count). The molecule has 0 aliphatic carbocycles. The second-order valence-electron chi connectivity index (χ2n) is 4.41. The summed E-state index contributed by atoms with van der Waals surface area (Å²) in [6.45, 7) is 2.57. The minimum atomic E-state index is 0.602. The molecule has 0 aliphatic heterocycles. The van der Waals surface area contributed by atoms with E-state index in [1.807, 2.05) is 24.3 Å². The molecule has 0 amide bonds. The van der Waals surface area contributed by atoms with Gasteiger partial charge in [-0.15, -0.1) is 0 Å². The fourth-order valence-corrected chi connectivity index (χ4v) is 2.21. The Bertz CT molecular complexity index is 532. The first-order chi connectivity index (χ1) is 9.77. The maximum atomic E-state index is 6.12. The van der Waals surface area contributed by atoms with Gasteiger partial charge in [-0.3, -0.25) is 4.98 Å². The molecule has 1 aromatic carbocycles. The van der Waals surface area contributed by atoms with Crippen molar-refractivity contribution in [2.75, 3.05) is 18.4 Å². The van der Waals surface area contributed by atoms with E-state index < -0.39 is 0 Å². The van der Waals surface area contributed by atoms with Crippen LogP contribution in [0, 0.1) is 0 Å². The number of nitrogens with zero attached hydrogens (tertiary/aromatic N) is 1. The summed E-state index contributed by atoms with van der Waals surface area (Å²) in [6, 6.07) is 9.61. The number of hydrogen-bond donors (Lipinski definition) is 2. The zero-order valence-corrected chi connectivity index (χ0v) is 12.6. The lowest BCUT2D eigenvalue weighted by atomic mass is 10.2. The molecular weight excluding hydrogens is 293 g/mol. The first-order valence-electron chi connectivity index (χ1n) is 6.55.